The molecule has 0 unspecified atom stereocenters. The van der Waals surface area contributed by atoms with Crippen molar-refractivity contribution in [3.05, 3.63) is 17.5 Å². The first-order chi connectivity index (χ1) is 18.0. The van der Waals surface area contributed by atoms with Gasteiger partial charge in [-0.25, -0.2) is 0 Å². The molecule has 0 atom stereocenters. The lowest BCUT2D eigenvalue weighted by Gasteiger charge is -2.28. The molecule has 0 aliphatic rings. The highest BCUT2D eigenvalue weighted by molar-refractivity contribution is 5.08. The smallest absolute Gasteiger partial charge is 0.0765 e. The summed E-state index contributed by atoms with van der Waals surface area (Å²) in [5, 5.41) is 8.14. The maximum atomic E-state index is 4.76. The molecule has 0 saturated heterocycles. The maximum Gasteiger partial charge on any atom is 0.0765 e. The van der Waals surface area contributed by atoms with Crippen LogP contribution in [0.4, 0.5) is 0 Å². The monoisotopic (exact) mass is 523 g/mol. The Morgan fingerprint density at radius 2 is 0.757 bits per heavy atom. The number of aromatic nitrogens is 2. The third-order valence-corrected chi connectivity index (χ3v) is 7.97. The number of likely N-dealkylation sites (N-methyl/N-ethyl adjacent to an activating group) is 4. The van der Waals surface area contributed by atoms with Crippen LogP contribution in [0.5, 0.6) is 0 Å². The van der Waals surface area contributed by atoms with Crippen LogP contribution in [-0.4, -0.2) is 144 Å². The van der Waals surface area contributed by atoms with Crippen molar-refractivity contribution in [1.29, 1.82) is 0 Å². The molecule has 0 fully saturated rings. The Morgan fingerprint density at radius 3 is 1.08 bits per heavy atom. The second-order valence-corrected chi connectivity index (χ2v) is 10.0. The predicted molar refractivity (Wildman–Crippen MR) is 160 cm³/mol. The second kappa shape index (κ2) is 20.9. The minimum Gasteiger partial charge on any atom is -0.303 e. The summed E-state index contributed by atoms with van der Waals surface area (Å²) in [6.45, 7) is 37.7. The third kappa shape index (κ3) is 14.1. The van der Waals surface area contributed by atoms with Crippen LogP contribution < -0.4 is 0 Å². The predicted octanol–water partition coefficient (Wildman–Crippen LogP) is 3.38. The van der Waals surface area contributed by atoms with Gasteiger partial charge in [-0.2, -0.15) is 5.10 Å². The fourth-order valence-corrected chi connectivity index (χ4v) is 4.87. The highest BCUT2D eigenvalue weighted by Gasteiger charge is 2.15. The maximum absolute atomic E-state index is 4.76. The van der Waals surface area contributed by atoms with Gasteiger partial charge in [-0.05, 0) is 58.4 Å². The number of nitrogens with one attached hydrogen (secondary N) is 1. The van der Waals surface area contributed by atoms with Gasteiger partial charge in [0.15, 0.2) is 0 Å². The molecule has 0 radical (unpaired) electrons. The SMILES string of the molecule is CCN(CC)CCN(CCN(CC)CC)Cc1cc(CN(CCN(CC)CC)CCN(CC)CC)[nH]n1. The summed E-state index contributed by atoms with van der Waals surface area (Å²) in [6, 6.07) is 2.31. The summed E-state index contributed by atoms with van der Waals surface area (Å²) in [4.78, 5) is 15.3. The molecule has 0 aromatic carbocycles. The van der Waals surface area contributed by atoms with Crippen LogP contribution in [0.2, 0.25) is 0 Å². The van der Waals surface area contributed by atoms with Gasteiger partial charge >= 0.3 is 0 Å². The number of H-pyrrole nitrogens is 1. The van der Waals surface area contributed by atoms with E-state index in [-0.39, 0.29) is 0 Å². The highest BCUT2D eigenvalue weighted by Crippen LogP contribution is 2.09. The minimum atomic E-state index is 0.915. The summed E-state index contributed by atoms with van der Waals surface area (Å²) < 4.78 is 0. The van der Waals surface area contributed by atoms with E-state index in [9.17, 15) is 0 Å². The fraction of sp³-hybridized carbons (Fsp3) is 0.897. The number of rotatable bonds is 24. The Labute approximate surface area is 230 Å². The summed E-state index contributed by atoms with van der Waals surface area (Å²) >= 11 is 0. The van der Waals surface area contributed by atoms with Crippen LogP contribution in [0.15, 0.2) is 6.07 Å². The molecule has 0 spiro atoms. The molecule has 1 N–H and O–H groups in total. The number of nitrogens with zero attached hydrogens (tertiary/aromatic N) is 7. The van der Waals surface area contributed by atoms with Crippen LogP contribution >= 0.6 is 0 Å². The van der Waals surface area contributed by atoms with E-state index < -0.39 is 0 Å². The lowest BCUT2D eigenvalue weighted by molar-refractivity contribution is 0.178. The van der Waals surface area contributed by atoms with E-state index in [2.05, 4.69) is 96.0 Å². The van der Waals surface area contributed by atoms with Gasteiger partial charge in [-0.1, -0.05) is 55.4 Å². The average molecular weight is 523 g/mol. The quantitative estimate of drug-likeness (QED) is 0.223. The van der Waals surface area contributed by atoms with E-state index >= 15 is 0 Å². The molecule has 218 valence electrons. The van der Waals surface area contributed by atoms with Gasteiger partial charge in [0.1, 0.15) is 0 Å². The number of hydrogen-bond acceptors (Lipinski definition) is 7. The van der Waals surface area contributed by atoms with Gasteiger partial charge in [0.25, 0.3) is 0 Å². The summed E-state index contributed by atoms with van der Waals surface area (Å²) in [5.41, 5.74) is 2.41. The molecule has 0 amide bonds. The zero-order valence-corrected chi connectivity index (χ0v) is 25.9. The van der Waals surface area contributed by atoms with Crippen molar-refractivity contribution in [1.82, 2.24) is 39.6 Å². The molecule has 1 aromatic heterocycles. The number of aromatic amines is 1. The normalized spacial score (nSPS) is 12.5. The van der Waals surface area contributed by atoms with Crippen LogP contribution in [0.25, 0.3) is 0 Å². The van der Waals surface area contributed by atoms with Gasteiger partial charge in [0.05, 0.1) is 5.69 Å². The van der Waals surface area contributed by atoms with Crippen LogP contribution in [-0.2, 0) is 13.1 Å². The van der Waals surface area contributed by atoms with Gasteiger partial charge in [0, 0.05) is 71.1 Å². The van der Waals surface area contributed by atoms with E-state index in [0.717, 1.165) is 118 Å². The van der Waals surface area contributed by atoms with Crippen molar-refractivity contribution in [2.75, 3.05) is 105 Å². The standard InChI is InChI=1S/C29H62N8/c1-9-32(10-2)17-21-36(22-18-33(11-3)12-4)26-28-25-29(31-30-28)27-37(23-19-34(13-5)14-6)24-20-35(15-7)16-8/h25H,9-24,26-27H2,1-8H3,(H,30,31). The van der Waals surface area contributed by atoms with Gasteiger partial charge in [-0.15, -0.1) is 0 Å². The first-order valence-corrected chi connectivity index (χ1v) is 15.3. The average Bonchev–Trinajstić information content (AvgIpc) is 3.36. The molecule has 1 rings (SSSR count). The molecule has 8 nitrogen and oxygen atoms in total. The van der Waals surface area contributed by atoms with Gasteiger partial charge in [-0.3, -0.25) is 14.9 Å². The molecule has 0 saturated carbocycles. The molecular formula is C29H62N8. The first kappa shape index (κ1) is 34.0. The van der Waals surface area contributed by atoms with Crippen molar-refractivity contribution in [2.45, 2.75) is 68.5 Å². The van der Waals surface area contributed by atoms with Crippen molar-refractivity contribution in [3.8, 4) is 0 Å². The van der Waals surface area contributed by atoms with Crippen LogP contribution in [0.3, 0.4) is 0 Å². The molecule has 0 aliphatic carbocycles. The zero-order chi connectivity index (χ0) is 27.5. The Bertz CT molecular complexity index is 551. The molecule has 37 heavy (non-hydrogen) atoms. The van der Waals surface area contributed by atoms with E-state index in [1.54, 1.807) is 0 Å². The zero-order valence-electron chi connectivity index (χ0n) is 25.9. The molecular weight excluding hydrogens is 460 g/mol. The van der Waals surface area contributed by atoms with E-state index in [0.29, 0.717) is 0 Å². The summed E-state index contributed by atoms with van der Waals surface area (Å²) in [5.74, 6) is 0. The van der Waals surface area contributed by atoms with Crippen molar-refractivity contribution in [2.24, 2.45) is 0 Å². The van der Waals surface area contributed by atoms with E-state index in [1.165, 1.54) is 11.4 Å². The Morgan fingerprint density at radius 1 is 0.459 bits per heavy atom. The molecule has 8 heteroatoms. The van der Waals surface area contributed by atoms with E-state index in [4.69, 9.17) is 5.10 Å². The van der Waals surface area contributed by atoms with Crippen molar-refractivity contribution < 1.29 is 0 Å². The largest absolute Gasteiger partial charge is 0.303 e. The third-order valence-electron chi connectivity index (χ3n) is 7.97. The Balaban J connectivity index is 2.83. The molecule has 1 heterocycles. The summed E-state index contributed by atoms with van der Waals surface area (Å²) in [7, 11) is 0. The molecule has 0 bridgehead atoms. The van der Waals surface area contributed by atoms with Gasteiger partial charge < -0.3 is 19.6 Å². The number of hydrogen-bond donors (Lipinski definition) is 1. The van der Waals surface area contributed by atoms with E-state index in [1.807, 2.05) is 0 Å². The van der Waals surface area contributed by atoms with Gasteiger partial charge in [0.2, 0.25) is 0 Å². The topological polar surface area (TPSA) is 48.1 Å². The molecule has 0 aliphatic heterocycles. The first-order valence-electron chi connectivity index (χ1n) is 15.3. The second-order valence-electron chi connectivity index (χ2n) is 10.0. The Kier molecular flexibility index (Phi) is 19.2. The summed E-state index contributed by atoms with van der Waals surface area (Å²) in [6.07, 6.45) is 0. The highest BCUT2D eigenvalue weighted by atomic mass is 15.3. The van der Waals surface area contributed by atoms with Crippen LogP contribution in [0.1, 0.15) is 66.8 Å². The van der Waals surface area contributed by atoms with Crippen LogP contribution in [0, 0.1) is 0 Å². The lowest BCUT2D eigenvalue weighted by atomic mass is 10.3. The minimum absolute atomic E-state index is 0.915. The lowest BCUT2D eigenvalue weighted by Crippen LogP contribution is -2.39. The van der Waals surface area contributed by atoms with Crippen molar-refractivity contribution >= 4 is 0 Å². The Hall–Kier alpha value is -1.03. The van der Waals surface area contributed by atoms with Crippen molar-refractivity contribution in [3.63, 3.8) is 0 Å². The molecule has 1 aromatic rings. The fourth-order valence-electron chi connectivity index (χ4n) is 4.87.